The number of anilines is 1. The van der Waals surface area contributed by atoms with E-state index in [1.165, 1.54) is 6.07 Å². The molecular formula is C18H17N3O2. The molecule has 116 valence electrons. The summed E-state index contributed by atoms with van der Waals surface area (Å²) in [6.45, 7) is 1.97. The normalized spacial score (nSPS) is 11.9. The Kier molecular flexibility index (Phi) is 4.10. The van der Waals surface area contributed by atoms with Crippen LogP contribution in [-0.4, -0.2) is 9.55 Å². The average Bonchev–Trinajstić information content (AvgIpc) is 2.56. The Morgan fingerprint density at radius 3 is 2.17 bits per heavy atom. The number of rotatable bonds is 4. The molecule has 2 N–H and O–H groups in total. The number of nitrogens with zero attached hydrogens (tertiary/aromatic N) is 1. The fourth-order valence-electron chi connectivity index (χ4n) is 2.45. The Bertz CT molecular complexity index is 868. The Hall–Kier alpha value is -3.08. The fraction of sp³-hybridized carbons (Fsp3) is 0.111. The topological polar surface area (TPSA) is 66.9 Å². The first-order chi connectivity index (χ1) is 11.1. The SMILES string of the molecule is CC(Nc1cc(=O)n(-c2ccccc2)c(=O)[nH]1)c1ccccc1. The van der Waals surface area contributed by atoms with Gasteiger partial charge in [0.05, 0.1) is 5.69 Å². The largest absolute Gasteiger partial charge is 0.365 e. The zero-order chi connectivity index (χ0) is 16.2. The monoisotopic (exact) mass is 307 g/mol. The number of hydrogen-bond donors (Lipinski definition) is 2. The van der Waals surface area contributed by atoms with Crippen molar-refractivity contribution in [3.63, 3.8) is 0 Å². The van der Waals surface area contributed by atoms with Gasteiger partial charge in [0, 0.05) is 12.1 Å². The second kappa shape index (κ2) is 6.36. The van der Waals surface area contributed by atoms with Crippen molar-refractivity contribution in [3.05, 3.63) is 93.1 Å². The van der Waals surface area contributed by atoms with E-state index in [1.807, 2.05) is 43.3 Å². The van der Waals surface area contributed by atoms with Crippen molar-refractivity contribution in [2.24, 2.45) is 0 Å². The molecular weight excluding hydrogens is 290 g/mol. The second-order valence-electron chi connectivity index (χ2n) is 5.27. The predicted octanol–water partition coefficient (Wildman–Crippen LogP) is 2.70. The van der Waals surface area contributed by atoms with Crippen LogP contribution >= 0.6 is 0 Å². The van der Waals surface area contributed by atoms with Gasteiger partial charge in [-0.3, -0.25) is 9.78 Å². The molecule has 5 heteroatoms. The van der Waals surface area contributed by atoms with Crippen LogP contribution in [0, 0.1) is 0 Å². The summed E-state index contributed by atoms with van der Waals surface area (Å²) >= 11 is 0. The van der Waals surface area contributed by atoms with Crippen LogP contribution in [0.5, 0.6) is 0 Å². The predicted molar refractivity (Wildman–Crippen MR) is 91.1 cm³/mol. The molecule has 0 aliphatic rings. The van der Waals surface area contributed by atoms with Gasteiger partial charge in [0.2, 0.25) is 0 Å². The lowest BCUT2D eigenvalue weighted by atomic mass is 10.1. The van der Waals surface area contributed by atoms with Crippen LogP contribution in [0.15, 0.2) is 76.3 Å². The maximum atomic E-state index is 12.3. The number of aromatic amines is 1. The summed E-state index contributed by atoms with van der Waals surface area (Å²) in [7, 11) is 0. The molecule has 23 heavy (non-hydrogen) atoms. The minimum absolute atomic E-state index is 0.0289. The molecule has 2 aromatic carbocycles. The van der Waals surface area contributed by atoms with Crippen LogP contribution in [-0.2, 0) is 0 Å². The first-order valence-electron chi connectivity index (χ1n) is 7.38. The number of hydrogen-bond acceptors (Lipinski definition) is 3. The van der Waals surface area contributed by atoms with E-state index in [0.717, 1.165) is 10.1 Å². The zero-order valence-electron chi connectivity index (χ0n) is 12.7. The van der Waals surface area contributed by atoms with Crippen molar-refractivity contribution < 1.29 is 0 Å². The quantitative estimate of drug-likeness (QED) is 0.779. The van der Waals surface area contributed by atoms with Gasteiger partial charge in [-0.25, -0.2) is 9.36 Å². The highest BCUT2D eigenvalue weighted by molar-refractivity contribution is 5.39. The van der Waals surface area contributed by atoms with E-state index in [2.05, 4.69) is 10.3 Å². The van der Waals surface area contributed by atoms with Crippen molar-refractivity contribution in [1.29, 1.82) is 0 Å². The van der Waals surface area contributed by atoms with E-state index in [1.54, 1.807) is 24.3 Å². The van der Waals surface area contributed by atoms with E-state index < -0.39 is 5.69 Å². The molecule has 0 saturated heterocycles. The number of H-pyrrole nitrogens is 1. The van der Waals surface area contributed by atoms with Crippen LogP contribution in [0.2, 0.25) is 0 Å². The first kappa shape index (κ1) is 14.8. The molecule has 0 spiro atoms. The van der Waals surface area contributed by atoms with E-state index in [0.29, 0.717) is 11.5 Å². The first-order valence-corrected chi connectivity index (χ1v) is 7.38. The molecule has 0 saturated carbocycles. The van der Waals surface area contributed by atoms with Crippen LogP contribution in [0.25, 0.3) is 5.69 Å². The van der Waals surface area contributed by atoms with Gasteiger partial charge in [0.1, 0.15) is 5.82 Å². The van der Waals surface area contributed by atoms with E-state index >= 15 is 0 Å². The fourth-order valence-corrected chi connectivity index (χ4v) is 2.45. The Morgan fingerprint density at radius 1 is 0.957 bits per heavy atom. The van der Waals surface area contributed by atoms with Gasteiger partial charge in [-0.05, 0) is 24.6 Å². The molecule has 1 heterocycles. The van der Waals surface area contributed by atoms with Gasteiger partial charge in [-0.15, -0.1) is 0 Å². The van der Waals surface area contributed by atoms with Gasteiger partial charge >= 0.3 is 5.69 Å². The smallest absolute Gasteiger partial charge is 0.334 e. The third-order valence-electron chi connectivity index (χ3n) is 3.62. The summed E-state index contributed by atoms with van der Waals surface area (Å²) < 4.78 is 1.11. The third kappa shape index (κ3) is 3.23. The second-order valence-corrected chi connectivity index (χ2v) is 5.27. The van der Waals surface area contributed by atoms with E-state index in [9.17, 15) is 9.59 Å². The molecule has 1 unspecified atom stereocenters. The van der Waals surface area contributed by atoms with Crippen molar-refractivity contribution in [2.75, 3.05) is 5.32 Å². The van der Waals surface area contributed by atoms with E-state index in [-0.39, 0.29) is 11.6 Å². The molecule has 0 amide bonds. The number of nitrogens with one attached hydrogen (secondary N) is 2. The molecule has 3 aromatic rings. The molecule has 1 aromatic heterocycles. The van der Waals surface area contributed by atoms with Gasteiger partial charge in [-0.2, -0.15) is 0 Å². The Morgan fingerprint density at radius 2 is 1.57 bits per heavy atom. The highest BCUT2D eigenvalue weighted by Crippen LogP contribution is 2.15. The summed E-state index contributed by atoms with van der Waals surface area (Å²) in [5, 5.41) is 3.15. The summed E-state index contributed by atoms with van der Waals surface area (Å²) in [6, 6.07) is 20.0. The standard InChI is InChI=1S/C18H17N3O2/c1-13(14-8-4-2-5-9-14)19-16-12-17(22)21(18(23)20-16)15-10-6-3-7-11-15/h2-13,19H,1H3,(H,20,23). The minimum Gasteiger partial charge on any atom is -0.365 e. The highest BCUT2D eigenvalue weighted by atomic mass is 16.2. The number of aromatic nitrogens is 2. The molecule has 0 bridgehead atoms. The third-order valence-corrected chi connectivity index (χ3v) is 3.62. The van der Waals surface area contributed by atoms with Crippen molar-refractivity contribution >= 4 is 5.82 Å². The lowest BCUT2D eigenvalue weighted by Crippen LogP contribution is -2.33. The van der Waals surface area contributed by atoms with Crippen molar-refractivity contribution in [1.82, 2.24) is 9.55 Å². The van der Waals surface area contributed by atoms with Crippen LogP contribution in [0.3, 0.4) is 0 Å². The molecule has 1 atom stereocenters. The Labute approximate surface area is 133 Å². The van der Waals surface area contributed by atoms with Crippen LogP contribution in [0.1, 0.15) is 18.5 Å². The highest BCUT2D eigenvalue weighted by Gasteiger charge is 2.09. The number of benzene rings is 2. The summed E-state index contributed by atoms with van der Waals surface area (Å²) in [6.07, 6.45) is 0. The molecule has 5 nitrogen and oxygen atoms in total. The summed E-state index contributed by atoms with van der Waals surface area (Å²) in [5.41, 5.74) is 0.774. The molecule has 0 radical (unpaired) electrons. The maximum absolute atomic E-state index is 12.3. The van der Waals surface area contributed by atoms with Crippen molar-refractivity contribution in [2.45, 2.75) is 13.0 Å². The van der Waals surface area contributed by atoms with Crippen LogP contribution in [0.4, 0.5) is 5.82 Å². The average molecular weight is 307 g/mol. The zero-order valence-corrected chi connectivity index (χ0v) is 12.7. The van der Waals surface area contributed by atoms with Gasteiger partial charge in [-0.1, -0.05) is 48.5 Å². The summed E-state index contributed by atoms with van der Waals surface area (Å²) in [5.74, 6) is 0.406. The minimum atomic E-state index is -0.466. The van der Waals surface area contributed by atoms with Crippen LogP contribution < -0.4 is 16.6 Å². The van der Waals surface area contributed by atoms with Gasteiger partial charge in [0.25, 0.3) is 5.56 Å². The molecule has 0 aliphatic heterocycles. The molecule has 3 rings (SSSR count). The molecule has 0 aliphatic carbocycles. The Balaban J connectivity index is 1.92. The van der Waals surface area contributed by atoms with E-state index in [4.69, 9.17) is 0 Å². The lowest BCUT2D eigenvalue weighted by molar-refractivity contribution is 0.836. The van der Waals surface area contributed by atoms with Gasteiger partial charge < -0.3 is 5.32 Å². The number of para-hydroxylation sites is 1. The van der Waals surface area contributed by atoms with Crippen molar-refractivity contribution in [3.8, 4) is 5.69 Å². The summed E-state index contributed by atoms with van der Waals surface area (Å²) in [4.78, 5) is 27.2. The molecule has 0 fully saturated rings. The van der Waals surface area contributed by atoms with Gasteiger partial charge in [0.15, 0.2) is 0 Å². The lowest BCUT2D eigenvalue weighted by Gasteiger charge is -2.15. The maximum Gasteiger partial charge on any atom is 0.334 e.